The Balaban J connectivity index is 2.16. The van der Waals surface area contributed by atoms with Gasteiger partial charge in [0.15, 0.2) is 0 Å². The Hall–Kier alpha value is -1.06. The zero-order valence-electron chi connectivity index (χ0n) is 10.7. The van der Waals surface area contributed by atoms with E-state index in [9.17, 15) is 4.79 Å². The van der Waals surface area contributed by atoms with Crippen LogP contribution in [-0.2, 0) is 9.53 Å². The number of nitrogens with zero attached hydrogens (tertiary/aromatic N) is 1. The average molecular weight is 268 g/mol. The summed E-state index contributed by atoms with van der Waals surface area (Å²) >= 11 is 5.90. The lowest BCUT2D eigenvalue weighted by molar-refractivity contribution is -0.132. The van der Waals surface area contributed by atoms with Crippen LogP contribution in [0.2, 0.25) is 5.02 Å². The largest absolute Gasteiger partial charge is 0.380 e. The second-order valence-corrected chi connectivity index (χ2v) is 5.20. The van der Waals surface area contributed by atoms with Crippen LogP contribution in [0.25, 0.3) is 0 Å². The second-order valence-electron chi connectivity index (χ2n) is 4.77. The number of methoxy groups -OCH3 is 1. The van der Waals surface area contributed by atoms with E-state index in [1.54, 1.807) is 14.0 Å². The first-order valence-corrected chi connectivity index (χ1v) is 6.51. The van der Waals surface area contributed by atoms with Gasteiger partial charge in [0.2, 0.25) is 5.91 Å². The third kappa shape index (κ3) is 3.03. The van der Waals surface area contributed by atoms with E-state index in [1.807, 2.05) is 29.2 Å². The molecule has 1 saturated heterocycles. The summed E-state index contributed by atoms with van der Waals surface area (Å²) in [5.74, 6) is 0.431. The zero-order valence-corrected chi connectivity index (χ0v) is 11.5. The van der Waals surface area contributed by atoms with Crippen LogP contribution in [0.15, 0.2) is 24.3 Å². The molecule has 1 aromatic carbocycles. The minimum absolute atomic E-state index is 0.107. The van der Waals surface area contributed by atoms with Gasteiger partial charge in [-0.3, -0.25) is 4.79 Å². The number of rotatable bonds is 2. The van der Waals surface area contributed by atoms with Crippen molar-refractivity contribution in [2.24, 2.45) is 0 Å². The maximum atomic E-state index is 11.5. The van der Waals surface area contributed by atoms with Gasteiger partial charge in [-0.2, -0.15) is 0 Å². The summed E-state index contributed by atoms with van der Waals surface area (Å²) in [6.45, 7) is 3.06. The van der Waals surface area contributed by atoms with Crippen molar-refractivity contribution in [1.82, 2.24) is 4.90 Å². The van der Waals surface area contributed by atoms with Gasteiger partial charge in [0, 0.05) is 38.1 Å². The fourth-order valence-electron chi connectivity index (χ4n) is 2.46. The Morgan fingerprint density at radius 1 is 1.33 bits per heavy atom. The molecule has 1 fully saturated rings. The Morgan fingerprint density at radius 2 is 2.00 bits per heavy atom. The maximum Gasteiger partial charge on any atom is 0.219 e. The van der Waals surface area contributed by atoms with Crippen LogP contribution in [-0.4, -0.2) is 37.1 Å². The molecule has 0 spiro atoms. The molecule has 3 nitrogen and oxygen atoms in total. The van der Waals surface area contributed by atoms with Crippen LogP contribution in [0, 0.1) is 0 Å². The normalized spacial score (nSPS) is 24.1. The van der Waals surface area contributed by atoms with Crippen LogP contribution >= 0.6 is 11.6 Å². The summed E-state index contributed by atoms with van der Waals surface area (Å²) in [5, 5.41) is 0.737. The van der Waals surface area contributed by atoms with Gasteiger partial charge in [-0.15, -0.1) is 0 Å². The topological polar surface area (TPSA) is 29.5 Å². The van der Waals surface area contributed by atoms with E-state index >= 15 is 0 Å². The highest BCUT2D eigenvalue weighted by Gasteiger charge is 2.29. The molecule has 2 atom stereocenters. The molecular formula is C14H18ClNO2. The molecule has 1 amide bonds. The van der Waals surface area contributed by atoms with Gasteiger partial charge >= 0.3 is 0 Å². The van der Waals surface area contributed by atoms with E-state index in [2.05, 4.69) is 0 Å². The number of amides is 1. The smallest absolute Gasteiger partial charge is 0.219 e. The molecule has 0 aliphatic carbocycles. The number of carbonyl (C=O) groups is 1. The number of hydrogen-bond acceptors (Lipinski definition) is 2. The predicted octanol–water partition coefficient (Wildman–Crippen LogP) is 2.69. The summed E-state index contributed by atoms with van der Waals surface area (Å²) in [6.07, 6.45) is 1.06. The van der Waals surface area contributed by atoms with Crippen LogP contribution < -0.4 is 0 Å². The molecule has 0 N–H and O–H groups in total. The molecule has 1 aromatic rings. The van der Waals surface area contributed by atoms with E-state index < -0.39 is 0 Å². The summed E-state index contributed by atoms with van der Waals surface area (Å²) in [6, 6.07) is 7.85. The number of ether oxygens (including phenoxy) is 1. The minimum atomic E-state index is 0.107. The van der Waals surface area contributed by atoms with Gasteiger partial charge < -0.3 is 9.64 Å². The first kappa shape index (κ1) is 13.4. The van der Waals surface area contributed by atoms with Crippen molar-refractivity contribution in [3.05, 3.63) is 34.9 Å². The Labute approximate surface area is 113 Å². The van der Waals surface area contributed by atoms with Gasteiger partial charge in [0.1, 0.15) is 0 Å². The summed E-state index contributed by atoms with van der Waals surface area (Å²) in [4.78, 5) is 13.4. The van der Waals surface area contributed by atoms with Crippen molar-refractivity contribution in [3.63, 3.8) is 0 Å². The first-order chi connectivity index (χ1) is 8.60. The average Bonchev–Trinajstić information content (AvgIpc) is 2.39. The molecule has 0 aromatic heterocycles. The summed E-state index contributed by atoms with van der Waals surface area (Å²) < 4.78 is 5.43. The molecule has 2 unspecified atom stereocenters. The Bertz CT molecular complexity index is 418. The van der Waals surface area contributed by atoms with Crippen molar-refractivity contribution < 1.29 is 9.53 Å². The molecule has 0 saturated carbocycles. The van der Waals surface area contributed by atoms with Crippen molar-refractivity contribution in [2.75, 3.05) is 20.2 Å². The highest BCUT2D eigenvalue weighted by atomic mass is 35.5. The molecule has 18 heavy (non-hydrogen) atoms. The molecule has 4 heteroatoms. The molecule has 98 valence electrons. The summed E-state index contributed by atoms with van der Waals surface area (Å²) in [5.41, 5.74) is 1.22. The van der Waals surface area contributed by atoms with Gasteiger partial charge in [0.05, 0.1) is 6.10 Å². The lowest BCUT2D eigenvalue weighted by Gasteiger charge is -2.37. The van der Waals surface area contributed by atoms with E-state index in [1.165, 1.54) is 5.56 Å². The third-order valence-corrected chi connectivity index (χ3v) is 3.78. The van der Waals surface area contributed by atoms with Crippen LogP contribution in [0.1, 0.15) is 24.8 Å². The molecule has 0 radical (unpaired) electrons. The predicted molar refractivity (Wildman–Crippen MR) is 71.9 cm³/mol. The van der Waals surface area contributed by atoms with Crippen LogP contribution in [0.3, 0.4) is 0 Å². The highest BCUT2D eigenvalue weighted by molar-refractivity contribution is 6.30. The minimum Gasteiger partial charge on any atom is -0.380 e. The molecule has 0 bridgehead atoms. The number of piperidine rings is 1. The van der Waals surface area contributed by atoms with Crippen LogP contribution in [0.5, 0.6) is 0 Å². The van der Waals surface area contributed by atoms with Crippen molar-refractivity contribution >= 4 is 17.5 Å². The third-order valence-electron chi connectivity index (χ3n) is 3.53. The Morgan fingerprint density at radius 3 is 2.56 bits per heavy atom. The van der Waals surface area contributed by atoms with E-state index in [0.717, 1.165) is 18.0 Å². The van der Waals surface area contributed by atoms with E-state index in [0.29, 0.717) is 12.5 Å². The fourth-order valence-corrected chi connectivity index (χ4v) is 2.58. The first-order valence-electron chi connectivity index (χ1n) is 6.14. The molecule has 2 rings (SSSR count). The lowest BCUT2D eigenvalue weighted by Crippen LogP contribution is -2.45. The van der Waals surface area contributed by atoms with Gasteiger partial charge in [0.25, 0.3) is 0 Å². The number of benzene rings is 1. The molecule has 1 aliphatic rings. The quantitative estimate of drug-likeness (QED) is 0.825. The number of halogens is 1. The fraction of sp³-hybridized carbons (Fsp3) is 0.500. The van der Waals surface area contributed by atoms with Gasteiger partial charge in [-0.05, 0) is 24.1 Å². The monoisotopic (exact) mass is 267 g/mol. The van der Waals surface area contributed by atoms with Crippen LogP contribution in [0.4, 0.5) is 0 Å². The number of likely N-dealkylation sites (tertiary alicyclic amines) is 1. The number of hydrogen-bond donors (Lipinski definition) is 0. The molecule has 1 aliphatic heterocycles. The molecule has 1 heterocycles. The molecular weight excluding hydrogens is 250 g/mol. The SMILES string of the molecule is COC1CC(c2ccc(Cl)cc2)CN(C(C)=O)C1. The van der Waals surface area contributed by atoms with Gasteiger partial charge in [-0.1, -0.05) is 23.7 Å². The van der Waals surface area contributed by atoms with E-state index in [-0.39, 0.29) is 12.0 Å². The Kier molecular flexibility index (Phi) is 4.25. The van der Waals surface area contributed by atoms with Gasteiger partial charge in [-0.25, -0.2) is 0 Å². The van der Waals surface area contributed by atoms with E-state index in [4.69, 9.17) is 16.3 Å². The maximum absolute atomic E-state index is 11.5. The summed E-state index contributed by atoms with van der Waals surface area (Å²) in [7, 11) is 1.70. The second kappa shape index (κ2) is 5.72. The lowest BCUT2D eigenvalue weighted by atomic mass is 9.89. The zero-order chi connectivity index (χ0) is 13.1. The highest BCUT2D eigenvalue weighted by Crippen LogP contribution is 2.29. The van der Waals surface area contributed by atoms with Crippen molar-refractivity contribution in [1.29, 1.82) is 0 Å². The standard InChI is InChI=1S/C14H18ClNO2/c1-10(17)16-8-12(7-14(9-16)18-2)11-3-5-13(15)6-4-11/h3-6,12,14H,7-9H2,1-2H3. The van der Waals surface area contributed by atoms with Crippen molar-refractivity contribution in [2.45, 2.75) is 25.4 Å². The van der Waals surface area contributed by atoms with Crippen molar-refractivity contribution in [3.8, 4) is 0 Å². The number of carbonyl (C=O) groups excluding carboxylic acids is 1.